The molecular weight excluding hydrogens is 407 g/mol. The molecule has 0 aromatic heterocycles. The van der Waals surface area contributed by atoms with Gasteiger partial charge in [-0.3, -0.25) is 4.79 Å². The van der Waals surface area contributed by atoms with E-state index < -0.39 is 5.82 Å². The SMILES string of the molecule is COc1ccccc1/C=C1\Oc2c(ccc(OCc3c(F)cccc3Cl)c2C)C1=O. The number of ketones is 1. The lowest BCUT2D eigenvalue weighted by atomic mass is 10.1. The van der Waals surface area contributed by atoms with Gasteiger partial charge in [-0.25, -0.2) is 4.39 Å². The highest BCUT2D eigenvalue weighted by Gasteiger charge is 2.30. The summed E-state index contributed by atoms with van der Waals surface area (Å²) in [7, 11) is 1.57. The molecule has 0 unspecified atom stereocenters. The Labute approximate surface area is 178 Å². The molecule has 1 heterocycles. The Bertz CT molecular complexity index is 1150. The first-order valence-electron chi connectivity index (χ1n) is 9.26. The van der Waals surface area contributed by atoms with Gasteiger partial charge in [-0.05, 0) is 43.3 Å². The Morgan fingerprint density at radius 2 is 1.87 bits per heavy atom. The first-order chi connectivity index (χ1) is 14.5. The Kier molecular flexibility index (Phi) is 5.46. The van der Waals surface area contributed by atoms with E-state index in [0.717, 1.165) is 5.56 Å². The van der Waals surface area contributed by atoms with Crippen molar-refractivity contribution in [2.24, 2.45) is 0 Å². The Balaban J connectivity index is 1.61. The Hall–Kier alpha value is -3.31. The quantitative estimate of drug-likeness (QED) is 0.472. The maximum absolute atomic E-state index is 14.0. The number of Topliss-reactive ketones (excluding diaryl/α,β-unsaturated/α-hetero) is 1. The van der Waals surface area contributed by atoms with E-state index in [-0.39, 0.29) is 23.7 Å². The van der Waals surface area contributed by atoms with Crippen molar-refractivity contribution in [3.8, 4) is 17.2 Å². The number of halogens is 2. The monoisotopic (exact) mass is 424 g/mol. The molecule has 1 aliphatic heterocycles. The van der Waals surface area contributed by atoms with Crippen LogP contribution in [0.3, 0.4) is 0 Å². The molecule has 1 aliphatic rings. The summed E-state index contributed by atoms with van der Waals surface area (Å²) in [5.74, 6) is 1.10. The average molecular weight is 425 g/mol. The zero-order chi connectivity index (χ0) is 21.3. The average Bonchev–Trinajstić information content (AvgIpc) is 3.06. The standard InChI is InChI=1S/C24H18ClFO4/c1-14-20(29-13-17-18(25)7-5-8-19(17)26)11-10-16-23(27)22(30-24(14)16)12-15-6-3-4-9-21(15)28-2/h3-12H,13H2,1-2H3/b22-12-. The molecule has 0 atom stereocenters. The van der Waals surface area contributed by atoms with Crippen LogP contribution in [0.25, 0.3) is 6.08 Å². The van der Waals surface area contributed by atoms with Crippen molar-refractivity contribution in [3.05, 3.63) is 93.5 Å². The van der Waals surface area contributed by atoms with E-state index in [4.69, 9.17) is 25.8 Å². The zero-order valence-corrected chi connectivity index (χ0v) is 17.1. The third kappa shape index (κ3) is 3.64. The van der Waals surface area contributed by atoms with Crippen molar-refractivity contribution >= 4 is 23.5 Å². The maximum Gasteiger partial charge on any atom is 0.231 e. The van der Waals surface area contributed by atoms with Gasteiger partial charge in [-0.15, -0.1) is 0 Å². The molecule has 4 nitrogen and oxygen atoms in total. The highest BCUT2D eigenvalue weighted by atomic mass is 35.5. The molecule has 0 aliphatic carbocycles. The van der Waals surface area contributed by atoms with E-state index in [1.165, 1.54) is 12.1 Å². The second-order valence-electron chi connectivity index (χ2n) is 6.74. The van der Waals surface area contributed by atoms with Gasteiger partial charge in [0.2, 0.25) is 5.78 Å². The largest absolute Gasteiger partial charge is 0.496 e. The molecule has 0 amide bonds. The number of methoxy groups -OCH3 is 1. The van der Waals surface area contributed by atoms with Gasteiger partial charge in [0.15, 0.2) is 5.76 Å². The molecule has 0 radical (unpaired) electrons. The minimum atomic E-state index is -0.435. The first-order valence-corrected chi connectivity index (χ1v) is 9.64. The Morgan fingerprint density at radius 3 is 2.63 bits per heavy atom. The van der Waals surface area contributed by atoms with Gasteiger partial charge in [0.1, 0.15) is 29.7 Å². The van der Waals surface area contributed by atoms with E-state index >= 15 is 0 Å². The summed E-state index contributed by atoms with van der Waals surface area (Å²) < 4.78 is 31.0. The topological polar surface area (TPSA) is 44.8 Å². The van der Waals surface area contributed by atoms with Gasteiger partial charge >= 0.3 is 0 Å². The third-order valence-corrected chi connectivity index (χ3v) is 5.25. The molecule has 3 aromatic carbocycles. The number of fused-ring (bicyclic) bond motifs is 1. The van der Waals surface area contributed by atoms with E-state index in [1.54, 1.807) is 38.3 Å². The molecule has 30 heavy (non-hydrogen) atoms. The third-order valence-electron chi connectivity index (χ3n) is 4.90. The van der Waals surface area contributed by atoms with Crippen LogP contribution in [0, 0.1) is 12.7 Å². The van der Waals surface area contributed by atoms with Crippen molar-refractivity contribution in [3.63, 3.8) is 0 Å². The van der Waals surface area contributed by atoms with E-state index in [0.29, 0.717) is 33.4 Å². The summed E-state index contributed by atoms with van der Waals surface area (Å²) in [6, 6.07) is 15.1. The second-order valence-corrected chi connectivity index (χ2v) is 7.14. The number of rotatable bonds is 5. The number of hydrogen-bond acceptors (Lipinski definition) is 4. The highest BCUT2D eigenvalue weighted by molar-refractivity contribution is 6.31. The molecule has 0 saturated heterocycles. The number of para-hydroxylation sites is 1. The summed E-state index contributed by atoms with van der Waals surface area (Å²) >= 11 is 6.06. The molecular formula is C24H18ClFO4. The lowest BCUT2D eigenvalue weighted by Crippen LogP contribution is -2.01. The summed E-state index contributed by atoms with van der Waals surface area (Å²) in [6.45, 7) is 1.75. The Morgan fingerprint density at radius 1 is 1.07 bits per heavy atom. The van der Waals surface area contributed by atoms with Crippen LogP contribution in [-0.4, -0.2) is 12.9 Å². The van der Waals surface area contributed by atoms with E-state index in [1.807, 2.05) is 24.3 Å². The molecule has 0 spiro atoms. The van der Waals surface area contributed by atoms with Gasteiger partial charge in [-0.1, -0.05) is 35.9 Å². The van der Waals surface area contributed by atoms with Gasteiger partial charge in [-0.2, -0.15) is 0 Å². The fourth-order valence-corrected chi connectivity index (χ4v) is 3.49. The maximum atomic E-state index is 14.0. The lowest BCUT2D eigenvalue weighted by molar-refractivity contribution is 0.101. The molecule has 4 rings (SSSR count). The van der Waals surface area contributed by atoms with Crippen LogP contribution in [-0.2, 0) is 6.61 Å². The van der Waals surface area contributed by atoms with Crippen LogP contribution < -0.4 is 14.2 Å². The van der Waals surface area contributed by atoms with Gasteiger partial charge in [0.05, 0.1) is 17.7 Å². The van der Waals surface area contributed by atoms with Crippen LogP contribution in [0.4, 0.5) is 4.39 Å². The number of benzene rings is 3. The fraction of sp³-hybridized carbons (Fsp3) is 0.125. The van der Waals surface area contributed by atoms with Crippen molar-refractivity contribution < 1.29 is 23.4 Å². The summed E-state index contributed by atoms with van der Waals surface area (Å²) in [5, 5.41) is 0.294. The highest BCUT2D eigenvalue weighted by Crippen LogP contribution is 2.40. The van der Waals surface area contributed by atoms with Crippen LogP contribution in [0.1, 0.15) is 27.0 Å². The minimum absolute atomic E-state index is 0.0387. The summed E-state index contributed by atoms with van der Waals surface area (Å²) in [5.41, 5.74) is 2.11. The molecule has 0 N–H and O–H groups in total. The first kappa shape index (κ1) is 20.0. The zero-order valence-electron chi connectivity index (χ0n) is 16.4. The predicted molar refractivity (Wildman–Crippen MR) is 113 cm³/mol. The molecule has 0 fully saturated rings. The fourth-order valence-electron chi connectivity index (χ4n) is 3.27. The smallest absolute Gasteiger partial charge is 0.231 e. The number of carbonyl (C=O) groups excluding carboxylic acids is 1. The van der Waals surface area contributed by atoms with Gasteiger partial charge in [0, 0.05) is 16.7 Å². The van der Waals surface area contributed by atoms with Crippen LogP contribution in [0.2, 0.25) is 5.02 Å². The van der Waals surface area contributed by atoms with Crippen molar-refractivity contribution in [1.29, 1.82) is 0 Å². The number of hydrogen-bond donors (Lipinski definition) is 0. The molecule has 152 valence electrons. The minimum Gasteiger partial charge on any atom is -0.496 e. The molecule has 0 bridgehead atoms. The van der Waals surface area contributed by atoms with Crippen LogP contribution in [0.5, 0.6) is 17.2 Å². The van der Waals surface area contributed by atoms with Crippen molar-refractivity contribution in [2.75, 3.05) is 7.11 Å². The summed E-state index contributed by atoms with van der Waals surface area (Å²) in [4.78, 5) is 12.8. The van der Waals surface area contributed by atoms with E-state index in [9.17, 15) is 9.18 Å². The second kappa shape index (κ2) is 8.20. The molecule has 6 heteroatoms. The van der Waals surface area contributed by atoms with E-state index in [2.05, 4.69) is 0 Å². The number of allylic oxidation sites excluding steroid dienone is 1. The summed E-state index contributed by atoms with van der Waals surface area (Å²) in [6.07, 6.45) is 1.65. The molecule has 0 saturated carbocycles. The molecule has 3 aromatic rings. The lowest BCUT2D eigenvalue weighted by Gasteiger charge is -2.12. The van der Waals surface area contributed by atoms with Crippen LogP contribution in [0.15, 0.2) is 60.4 Å². The normalized spacial score (nSPS) is 13.9. The van der Waals surface area contributed by atoms with Crippen molar-refractivity contribution in [2.45, 2.75) is 13.5 Å². The van der Waals surface area contributed by atoms with Crippen LogP contribution >= 0.6 is 11.6 Å². The van der Waals surface area contributed by atoms with Crippen molar-refractivity contribution in [1.82, 2.24) is 0 Å². The number of ether oxygens (including phenoxy) is 3. The van der Waals surface area contributed by atoms with Gasteiger partial charge in [0.25, 0.3) is 0 Å². The van der Waals surface area contributed by atoms with Gasteiger partial charge < -0.3 is 14.2 Å². The predicted octanol–water partition coefficient (Wildman–Crippen LogP) is 5.99. The number of carbonyl (C=O) groups is 1.